The minimum absolute atomic E-state index is 0.0535. The summed E-state index contributed by atoms with van der Waals surface area (Å²) in [5.41, 5.74) is 5.86. The SMILES string of the molecule is COCCN(C(=O)c1cc(N)n[nH]1)C(C)COC. The van der Waals surface area contributed by atoms with E-state index in [4.69, 9.17) is 15.2 Å². The quantitative estimate of drug-likeness (QED) is 0.722. The molecule has 1 aromatic heterocycles. The number of anilines is 1. The molecule has 0 fully saturated rings. The van der Waals surface area contributed by atoms with Gasteiger partial charge in [0.25, 0.3) is 5.91 Å². The molecule has 7 heteroatoms. The summed E-state index contributed by atoms with van der Waals surface area (Å²) in [6.07, 6.45) is 0. The van der Waals surface area contributed by atoms with Gasteiger partial charge in [-0.25, -0.2) is 0 Å². The lowest BCUT2D eigenvalue weighted by Gasteiger charge is -2.28. The number of rotatable bonds is 7. The number of carbonyl (C=O) groups is 1. The van der Waals surface area contributed by atoms with Crippen LogP contribution in [0.5, 0.6) is 0 Å². The molecule has 18 heavy (non-hydrogen) atoms. The summed E-state index contributed by atoms with van der Waals surface area (Å²) in [7, 11) is 3.20. The maximum Gasteiger partial charge on any atom is 0.272 e. The number of nitrogens with two attached hydrogens (primary N) is 1. The Labute approximate surface area is 106 Å². The Kier molecular flexibility index (Phi) is 5.60. The number of hydrogen-bond donors (Lipinski definition) is 2. The molecule has 0 aromatic carbocycles. The van der Waals surface area contributed by atoms with Crippen molar-refractivity contribution in [3.63, 3.8) is 0 Å². The van der Waals surface area contributed by atoms with Crippen LogP contribution in [0.2, 0.25) is 0 Å². The van der Waals surface area contributed by atoms with Crippen molar-refractivity contribution in [2.24, 2.45) is 0 Å². The van der Waals surface area contributed by atoms with Crippen LogP contribution in [0.3, 0.4) is 0 Å². The standard InChI is InChI=1S/C11H20N4O3/c1-8(7-18-3)15(4-5-17-2)11(16)9-6-10(12)14-13-9/h6,8H,4-5,7H2,1-3H3,(H3,12,13,14). The molecule has 1 amide bonds. The van der Waals surface area contributed by atoms with E-state index < -0.39 is 0 Å². The van der Waals surface area contributed by atoms with Crippen LogP contribution in [0.1, 0.15) is 17.4 Å². The van der Waals surface area contributed by atoms with Gasteiger partial charge in [0.15, 0.2) is 0 Å². The Morgan fingerprint density at radius 1 is 1.56 bits per heavy atom. The minimum Gasteiger partial charge on any atom is -0.383 e. The molecule has 1 atom stereocenters. The van der Waals surface area contributed by atoms with E-state index in [1.54, 1.807) is 19.1 Å². The van der Waals surface area contributed by atoms with Crippen molar-refractivity contribution in [1.29, 1.82) is 0 Å². The number of amides is 1. The van der Waals surface area contributed by atoms with Crippen molar-refractivity contribution in [2.75, 3.05) is 39.7 Å². The number of nitrogens with one attached hydrogen (secondary N) is 1. The van der Waals surface area contributed by atoms with Crippen LogP contribution in [0, 0.1) is 0 Å². The summed E-state index contributed by atoms with van der Waals surface area (Å²) in [5, 5.41) is 6.36. The van der Waals surface area contributed by atoms with Gasteiger partial charge in [-0.15, -0.1) is 0 Å². The average Bonchev–Trinajstić information content (AvgIpc) is 2.76. The predicted molar refractivity (Wildman–Crippen MR) is 67.3 cm³/mol. The maximum absolute atomic E-state index is 12.3. The number of nitrogens with zero attached hydrogens (tertiary/aromatic N) is 2. The molecule has 1 rings (SSSR count). The molecule has 1 unspecified atom stereocenters. The van der Waals surface area contributed by atoms with Crippen LogP contribution in [-0.2, 0) is 9.47 Å². The largest absolute Gasteiger partial charge is 0.383 e. The monoisotopic (exact) mass is 256 g/mol. The van der Waals surface area contributed by atoms with Crippen molar-refractivity contribution < 1.29 is 14.3 Å². The summed E-state index contributed by atoms with van der Waals surface area (Å²) < 4.78 is 10.1. The summed E-state index contributed by atoms with van der Waals surface area (Å²) in [6.45, 7) is 3.32. The number of hydrogen-bond acceptors (Lipinski definition) is 5. The minimum atomic E-state index is -0.166. The van der Waals surface area contributed by atoms with E-state index in [-0.39, 0.29) is 11.9 Å². The van der Waals surface area contributed by atoms with Crippen molar-refractivity contribution >= 4 is 11.7 Å². The fourth-order valence-electron chi connectivity index (χ4n) is 1.64. The second-order valence-corrected chi connectivity index (χ2v) is 4.00. The molecule has 0 saturated carbocycles. The highest BCUT2D eigenvalue weighted by molar-refractivity contribution is 5.93. The van der Waals surface area contributed by atoms with Gasteiger partial charge in [-0.05, 0) is 6.92 Å². The second kappa shape index (κ2) is 6.97. The molecule has 0 bridgehead atoms. The predicted octanol–water partition coefficient (Wildman–Crippen LogP) is 0.115. The summed E-state index contributed by atoms with van der Waals surface area (Å²) in [4.78, 5) is 13.9. The van der Waals surface area contributed by atoms with Gasteiger partial charge in [0.05, 0.1) is 19.3 Å². The van der Waals surface area contributed by atoms with E-state index in [9.17, 15) is 4.79 Å². The van der Waals surface area contributed by atoms with E-state index in [0.29, 0.717) is 31.3 Å². The molecule has 3 N–H and O–H groups in total. The Balaban J connectivity index is 2.77. The van der Waals surface area contributed by atoms with Crippen molar-refractivity contribution in [3.05, 3.63) is 11.8 Å². The molecule has 0 saturated heterocycles. The third kappa shape index (κ3) is 3.71. The summed E-state index contributed by atoms with van der Waals surface area (Å²) in [5.74, 6) is 0.130. The van der Waals surface area contributed by atoms with Crippen molar-refractivity contribution in [3.8, 4) is 0 Å². The van der Waals surface area contributed by atoms with Gasteiger partial charge in [0.2, 0.25) is 0 Å². The van der Waals surface area contributed by atoms with Gasteiger partial charge < -0.3 is 20.1 Å². The van der Waals surface area contributed by atoms with Crippen LogP contribution in [0.15, 0.2) is 6.07 Å². The average molecular weight is 256 g/mol. The first-order valence-corrected chi connectivity index (χ1v) is 5.69. The highest BCUT2D eigenvalue weighted by atomic mass is 16.5. The first-order valence-electron chi connectivity index (χ1n) is 5.69. The van der Waals surface area contributed by atoms with Crippen molar-refractivity contribution in [1.82, 2.24) is 15.1 Å². The number of aromatic nitrogens is 2. The molecule has 1 aromatic rings. The second-order valence-electron chi connectivity index (χ2n) is 4.00. The third-order valence-electron chi connectivity index (χ3n) is 2.57. The van der Waals surface area contributed by atoms with Crippen molar-refractivity contribution in [2.45, 2.75) is 13.0 Å². The van der Waals surface area contributed by atoms with Gasteiger partial charge in [-0.1, -0.05) is 0 Å². The fourth-order valence-corrected chi connectivity index (χ4v) is 1.64. The molecular weight excluding hydrogens is 236 g/mol. The van der Waals surface area contributed by atoms with Gasteiger partial charge in [0.1, 0.15) is 11.5 Å². The molecule has 0 radical (unpaired) electrons. The number of ether oxygens (including phenoxy) is 2. The van der Waals surface area contributed by atoms with E-state index in [1.807, 2.05) is 6.92 Å². The van der Waals surface area contributed by atoms with E-state index in [0.717, 1.165) is 0 Å². The lowest BCUT2D eigenvalue weighted by atomic mass is 10.2. The zero-order valence-corrected chi connectivity index (χ0v) is 11.0. The molecule has 1 heterocycles. The van der Waals surface area contributed by atoms with Gasteiger partial charge in [0, 0.05) is 26.8 Å². The zero-order valence-electron chi connectivity index (χ0n) is 11.0. The summed E-state index contributed by atoms with van der Waals surface area (Å²) >= 11 is 0. The third-order valence-corrected chi connectivity index (χ3v) is 2.57. The smallest absolute Gasteiger partial charge is 0.272 e. The normalized spacial score (nSPS) is 12.4. The van der Waals surface area contributed by atoms with Gasteiger partial charge in [-0.3, -0.25) is 9.89 Å². The Hall–Kier alpha value is -1.60. The van der Waals surface area contributed by atoms with E-state index in [1.165, 1.54) is 6.07 Å². The Morgan fingerprint density at radius 3 is 2.78 bits per heavy atom. The first-order chi connectivity index (χ1) is 8.60. The topological polar surface area (TPSA) is 93.5 Å². The Morgan fingerprint density at radius 2 is 2.28 bits per heavy atom. The highest BCUT2D eigenvalue weighted by Gasteiger charge is 2.22. The molecule has 0 aliphatic rings. The zero-order chi connectivity index (χ0) is 13.5. The molecular formula is C11H20N4O3. The number of carbonyl (C=O) groups excluding carboxylic acids is 1. The Bertz CT molecular complexity index is 380. The fraction of sp³-hybridized carbons (Fsp3) is 0.636. The highest BCUT2D eigenvalue weighted by Crippen LogP contribution is 2.09. The van der Waals surface area contributed by atoms with Gasteiger partial charge in [-0.2, -0.15) is 5.10 Å². The van der Waals surface area contributed by atoms with Gasteiger partial charge >= 0.3 is 0 Å². The number of aromatic amines is 1. The number of nitrogen functional groups attached to an aromatic ring is 1. The van der Waals surface area contributed by atoms with E-state index in [2.05, 4.69) is 10.2 Å². The number of methoxy groups -OCH3 is 2. The molecule has 0 aliphatic heterocycles. The first kappa shape index (κ1) is 14.5. The van der Waals surface area contributed by atoms with Crippen LogP contribution < -0.4 is 5.73 Å². The maximum atomic E-state index is 12.3. The molecule has 0 spiro atoms. The number of H-pyrrole nitrogens is 1. The van der Waals surface area contributed by atoms with E-state index >= 15 is 0 Å². The van der Waals surface area contributed by atoms with Crippen LogP contribution in [0.25, 0.3) is 0 Å². The lowest BCUT2D eigenvalue weighted by Crippen LogP contribution is -2.43. The molecule has 0 aliphatic carbocycles. The van der Waals surface area contributed by atoms with Crippen LogP contribution in [-0.4, -0.2) is 61.0 Å². The van der Waals surface area contributed by atoms with Crippen LogP contribution in [0.4, 0.5) is 5.82 Å². The summed E-state index contributed by atoms with van der Waals surface area (Å²) in [6, 6.07) is 1.46. The molecule has 7 nitrogen and oxygen atoms in total. The lowest BCUT2D eigenvalue weighted by molar-refractivity contribution is 0.0474. The van der Waals surface area contributed by atoms with Crippen LogP contribution >= 0.6 is 0 Å². The molecule has 102 valence electrons.